The Morgan fingerprint density at radius 2 is 2.04 bits per heavy atom. The topological polar surface area (TPSA) is 92.0 Å². The van der Waals surface area contributed by atoms with E-state index in [1.54, 1.807) is 6.92 Å². The van der Waals surface area contributed by atoms with Crippen LogP contribution in [0.2, 0.25) is 0 Å². The predicted octanol–water partition coefficient (Wildman–Crippen LogP) is 3.44. The zero-order chi connectivity index (χ0) is 19.0. The van der Waals surface area contributed by atoms with Gasteiger partial charge in [-0.1, -0.05) is 23.8 Å². The van der Waals surface area contributed by atoms with Gasteiger partial charge in [0.25, 0.3) is 0 Å². The highest BCUT2D eigenvalue weighted by molar-refractivity contribution is 6.12. The SMILES string of the molecule is CCN/C=C(\C=N)C/C(C(=N)c1ccc(C)cc1[C@@H](C)O)=C(\C)NC. The number of hydrogen-bond donors (Lipinski definition) is 5. The molecule has 0 aliphatic carbocycles. The zero-order valence-electron chi connectivity index (χ0n) is 15.8. The van der Waals surface area contributed by atoms with E-state index in [4.69, 9.17) is 10.8 Å². The molecule has 0 bridgehead atoms. The van der Waals surface area contributed by atoms with Crippen LogP contribution in [-0.4, -0.2) is 30.6 Å². The van der Waals surface area contributed by atoms with Crippen molar-refractivity contribution in [2.75, 3.05) is 13.6 Å². The van der Waals surface area contributed by atoms with Gasteiger partial charge < -0.3 is 21.1 Å². The summed E-state index contributed by atoms with van der Waals surface area (Å²) in [6.07, 6.45) is 2.94. The average Bonchev–Trinajstić information content (AvgIpc) is 2.60. The molecular formula is C20H30N4O. The molecule has 0 saturated carbocycles. The molecule has 0 amide bonds. The van der Waals surface area contributed by atoms with E-state index in [-0.39, 0.29) is 0 Å². The fourth-order valence-electron chi connectivity index (χ4n) is 2.56. The van der Waals surface area contributed by atoms with E-state index in [1.165, 1.54) is 6.21 Å². The maximum atomic E-state index is 10.1. The van der Waals surface area contributed by atoms with Gasteiger partial charge in [0.15, 0.2) is 0 Å². The van der Waals surface area contributed by atoms with E-state index in [1.807, 2.05) is 52.2 Å². The number of hydrogen-bond acceptors (Lipinski definition) is 5. The Kier molecular flexibility index (Phi) is 8.08. The first kappa shape index (κ1) is 20.6. The van der Waals surface area contributed by atoms with Crippen molar-refractivity contribution >= 4 is 11.9 Å². The molecule has 5 heteroatoms. The third kappa shape index (κ3) is 5.57. The summed E-state index contributed by atoms with van der Waals surface area (Å²) in [4.78, 5) is 0. The van der Waals surface area contributed by atoms with Gasteiger partial charge in [-0.3, -0.25) is 5.41 Å². The highest BCUT2D eigenvalue weighted by atomic mass is 16.3. The highest BCUT2D eigenvalue weighted by Gasteiger charge is 2.18. The van der Waals surface area contributed by atoms with E-state index >= 15 is 0 Å². The van der Waals surface area contributed by atoms with Gasteiger partial charge in [0.05, 0.1) is 11.8 Å². The maximum absolute atomic E-state index is 10.1. The predicted molar refractivity (Wildman–Crippen MR) is 106 cm³/mol. The molecule has 1 aromatic rings. The van der Waals surface area contributed by atoms with E-state index in [9.17, 15) is 5.11 Å². The zero-order valence-corrected chi connectivity index (χ0v) is 15.8. The van der Waals surface area contributed by atoms with Crippen LogP contribution in [-0.2, 0) is 0 Å². The van der Waals surface area contributed by atoms with Crippen molar-refractivity contribution in [2.45, 2.75) is 40.2 Å². The lowest BCUT2D eigenvalue weighted by molar-refractivity contribution is 0.199. The van der Waals surface area contributed by atoms with Gasteiger partial charge >= 0.3 is 0 Å². The first-order valence-corrected chi connectivity index (χ1v) is 8.53. The first-order valence-electron chi connectivity index (χ1n) is 8.53. The van der Waals surface area contributed by atoms with Crippen LogP contribution in [0.25, 0.3) is 0 Å². The van der Waals surface area contributed by atoms with Crippen molar-refractivity contribution in [3.63, 3.8) is 0 Å². The van der Waals surface area contributed by atoms with Crippen LogP contribution in [0.1, 0.15) is 50.0 Å². The van der Waals surface area contributed by atoms with Gasteiger partial charge in [-0.2, -0.15) is 0 Å². The first-order chi connectivity index (χ1) is 11.8. The van der Waals surface area contributed by atoms with Crippen molar-refractivity contribution in [1.82, 2.24) is 10.6 Å². The van der Waals surface area contributed by atoms with E-state index in [2.05, 4.69) is 10.6 Å². The molecule has 1 aromatic carbocycles. The number of aryl methyl sites for hydroxylation is 1. The molecule has 136 valence electrons. The number of aliphatic hydroxyl groups excluding tert-OH is 1. The lowest BCUT2D eigenvalue weighted by atomic mass is 9.90. The Balaban J connectivity index is 3.35. The Labute approximate surface area is 150 Å². The summed E-state index contributed by atoms with van der Waals surface area (Å²) in [7, 11) is 1.82. The summed E-state index contributed by atoms with van der Waals surface area (Å²) in [5, 5.41) is 32.7. The monoisotopic (exact) mass is 342 g/mol. The maximum Gasteiger partial charge on any atom is 0.0768 e. The molecule has 0 saturated heterocycles. The Hall–Kier alpha value is -2.40. The average molecular weight is 342 g/mol. The van der Waals surface area contributed by atoms with Crippen LogP contribution in [0, 0.1) is 17.7 Å². The Bertz CT molecular complexity index is 687. The molecule has 0 aliphatic rings. The van der Waals surface area contributed by atoms with Crippen LogP contribution in [0.3, 0.4) is 0 Å². The molecule has 0 aromatic heterocycles. The molecule has 1 atom stereocenters. The largest absolute Gasteiger partial charge is 0.391 e. The van der Waals surface area contributed by atoms with Crippen LogP contribution in [0.5, 0.6) is 0 Å². The minimum Gasteiger partial charge on any atom is -0.391 e. The molecule has 1 rings (SSSR count). The molecule has 5 N–H and O–H groups in total. The lowest BCUT2D eigenvalue weighted by Gasteiger charge is -2.19. The molecule has 0 fully saturated rings. The van der Waals surface area contributed by atoms with Crippen LogP contribution >= 0.6 is 0 Å². The molecule has 0 heterocycles. The Morgan fingerprint density at radius 1 is 1.36 bits per heavy atom. The summed E-state index contributed by atoms with van der Waals surface area (Å²) < 4.78 is 0. The fraction of sp³-hybridized carbons (Fsp3) is 0.400. The summed E-state index contributed by atoms with van der Waals surface area (Å²) >= 11 is 0. The van der Waals surface area contributed by atoms with Crippen molar-refractivity contribution in [3.8, 4) is 0 Å². The van der Waals surface area contributed by atoms with Gasteiger partial charge in [-0.05, 0) is 38.8 Å². The van der Waals surface area contributed by atoms with Crippen molar-refractivity contribution in [3.05, 3.63) is 57.9 Å². The van der Waals surface area contributed by atoms with Gasteiger partial charge in [0, 0.05) is 49.3 Å². The fourth-order valence-corrected chi connectivity index (χ4v) is 2.56. The van der Waals surface area contributed by atoms with E-state index in [0.29, 0.717) is 12.1 Å². The second-order valence-corrected chi connectivity index (χ2v) is 6.09. The van der Waals surface area contributed by atoms with Gasteiger partial charge in [0.2, 0.25) is 0 Å². The highest BCUT2D eigenvalue weighted by Crippen LogP contribution is 2.25. The van der Waals surface area contributed by atoms with Crippen molar-refractivity contribution in [1.29, 1.82) is 10.8 Å². The number of rotatable bonds is 9. The number of aliphatic hydroxyl groups is 1. The van der Waals surface area contributed by atoms with Gasteiger partial charge in [-0.15, -0.1) is 0 Å². The molecule has 25 heavy (non-hydrogen) atoms. The molecular weight excluding hydrogens is 312 g/mol. The third-order valence-corrected chi connectivity index (χ3v) is 4.11. The quantitative estimate of drug-likeness (QED) is 0.445. The Morgan fingerprint density at radius 3 is 2.56 bits per heavy atom. The second-order valence-electron chi connectivity index (χ2n) is 6.09. The normalized spacial score (nSPS) is 13.8. The standard InChI is InChI=1S/C20H30N4O/c1-6-24-12-16(11-21)10-18(14(3)23-5)20(22)17-8-7-13(2)9-19(17)15(4)25/h7-9,11-12,15,21-25H,6,10H2,1-5H3/b16-12-,18-14-,21-11?,22-20?/t15-/m1/s1. The summed E-state index contributed by atoms with van der Waals surface area (Å²) in [6.45, 7) is 8.39. The number of allylic oxidation sites excluding steroid dienone is 3. The third-order valence-electron chi connectivity index (χ3n) is 4.11. The molecule has 0 radical (unpaired) electrons. The summed E-state index contributed by atoms with van der Waals surface area (Å²) in [5.74, 6) is 0. The van der Waals surface area contributed by atoms with Crippen LogP contribution in [0.4, 0.5) is 0 Å². The number of nitrogens with one attached hydrogen (secondary N) is 4. The van der Waals surface area contributed by atoms with Crippen LogP contribution < -0.4 is 10.6 Å². The van der Waals surface area contributed by atoms with E-state index in [0.717, 1.165) is 40.1 Å². The van der Waals surface area contributed by atoms with Crippen LogP contribution in [0.15, 0.2) is 41.2 Å². The minimum atomic E-state index is -0.647. The minimum absolute atomic E-state index is 0.368. The van der Waals surface area contributed by atoms with Crippen molar-refractivity contribution < 1.29 is 5.11 Å². The number of benzene rings is 1. The lowest BCUT2D eigenvalue weighted by Crippen LogP contribution is -2.17. The van der Waals surface area contributed by atoms with Gasteiger partial charge in [0.1, 0.15) is 0 Å². The molecule has 0 unspecified atom stereocenters. The smallest absolute Gasteiger partial charge is 0.0768 e. The molecule has 0 aliphatic heterocycles. The second kappa shape index (κ2) is 9.79. The molecule has 0 spiro atoms. The summed E-state index contributed by atoms with van der Waals surface area (Å²) in [5.41, 5.74) is 5.37. The molecule has 5 nitrogen and oxygen atoms in total. The van der Waals surface area contributed by atoms with E-state index < -0.39 is 6.10 Å². The van der Waals surface area contributed by atoms with Gasteiger partial charge in [-0.25, -0.2) is 0 Å². The summed E-state index contributed by atoms with van der Waals surface area (Å²) in [6, 6.07) is 5.77. The van der Waals surface area contributed by atoms with Crippen molar-refractivity contribution in [2.24, 2.45) is 0 Å².